The summed E-state index contributed by atoms with van der Waals surface area (Å²) in [4.78, 5) is 15.6. The molecule has 0 aliphatic carbocycles. The lowest BCUT2D eigenvalue weighted by Gasteiger charge is -2.19. The highest BCUT2D eigenvalue weighted by atomic mass is 16.1. The predicted molar refractivity (Wildman–Crippen MR) is 78.5 cm³/mol. The number of nitrogens with zero attached hydrogens (tertiary/aromatic N) is 2. The highest BCUT2D eigenvalue weighted by Crippen LogP contribution is 2.22. The van der Waals surface area contributed by atoms with Gasteiger partial charge in [0.15, 0.2) is 0 Å². The summed E-state index contributed by atoms with van der Waals surface area (Å²) in [5.41, 5.74) is 2.61. The second-order valence-corrected chi connectivity index (χ2v) is 5.83. The zero-order chi connectivity index (χ0) is 14.6. The number of aryl methyl sites for hydroxylation is 1. The van der Waals surface area contributed by atoms with Crippen LogP contribution in [0.15, 0.2) is 30.6 Å². The highest BCUT2D eigenvalue weighted by molar-refractivity contribution is 5.88. The highest BCUT2D eigenvalue weighted by Gasteiger charge is 2.13. The first kappa shape index (κ1) is 14.2. The number of amides is 1. The van der Waals surface area contributed by atoms with Crippen molar-refractivity contribution in [1.82, 2.24) is 15.2 Å². The Labute approximate surface area is 118 Å². The summed E-state index contributed by atoms with van der Waals surface area (Å²) in [5.74, 6) is 0.319. The Morgan fingerprint density at radius 2 is 1.95 bits per heavy atom. The number of hydrogen-bond acceptors (Lipinski definition) is 3. The Kier molecular flexibility index (Phi) is 4.17. The van der Waals surface area contributed by atoms with Crippen LogP contribution in [-0.4, -0.2) is 21.1 Å². The van der Waals surface area contributed by atoms with E-state index in [1.54, 1.807) is 0 Å². The maximum Gasteiger partial charge on any atom is 0.227 e. The number of nitrogens with one attached hydrogen (secondary N) is 2. The molecule has 0 radical (unpaired) electrons. The first-order valence-electron chi connectivity index (χ1n) is 6.70. The number of aromatic nitrogens is 3. The van der Waals surface area contributed by atoms with E-state index in [2.05, 4.69) is 65.5 Å². The smallest absolute Gasteiger partial charge is 0.227 e. The van der Waals surface area contributed by atoms with Gasteiger partial charge in [-0.2, -0.15) is 10.1 Å². The number of rotatable bonds is 4. The van der Waals surface area contributed by atoms with Gasteiger partial charge in [-0.15, -0.1) is 0 Å². The Bertz CT molecular complexity index is 553. The number of H-pyrrole nitrogens is 1. The predicted octanol–water partition coefficient (Wildman–Crippen LogP) is 2.67. The minimum Gasteiger partial charge on any atom is -0.295 e. The number of carbonyl (C=O) groups is 1. The summed E-state index contributed by atoms with van der Waals surface area (Å²) < 4.78 is 0. The van der Waals surface area contributed by atoms with E-state index in [9.17, 15) is 4.79 Å². The molecule has 20 heavy (non-hydrogen) atoms. The van der Waals surface area contributed by atoms with E-state index in [1.807, 2.05) is 0 Å². The van der Waals surface area contributed by atoms with Gasteiger partial charge in [-0.1, -0.05) is 45.0 Å². The molecular weight excluding hydrogens is 252 g/mol. The molecule has 5 heteroatoms. The second-order valence-electron chi connectivity index (χ2n) is 5.83. The van der Waals surface area contributed by atoms with E-state index >= 15 is 0 Å². The van der Waals surface area contributed by atoms with Gasteiger partial charge in [0.05, 0.1) is 0 Å². The molecule has 0 spiro atoms. The molecule has 0 unspecified atom stereocenters. The number of carbonyl (C=O) groups excluding carboxylic acids is 1. The Morgan fingerprint density at radius 3 is 2.50 bits per heavy atom. The summed E-state index contributed by atoms with van der Waals surface area (Å²) >= 11 is 0. The lowest BCUT2D eigenvalue weighted by atomic mass is 9.86. The fourth-order valence-electron chi connectivity index (χ4n) is 1.89. The largest absolute Gasteiger partial charge is 0.295 e. The zero-order valence-electron chi connectivity index (χ0n) is 12.1. The monoisotopic (exact) mass is 272 g/mol. The van der Waals surface area contributed by atoms with E-state index in [-0.39, 0.29) is 11.3 Å². The first-order chi connectivity index (χ1) is 9.45. The van der Waals surface area contributed by atoms with Gasteiger partial charge in [0.25, 0.3) is 0 Å². The maximum absolute atomic E-state index is 11.7. The van der Waals surface area contributed by atoms with Crippen molar-refractivity contribution in [2.45, 2.75) is 39.0 Å². The lowest BCUT2D eigenvalue weighted by Crippen LogP contribution is -2.14. The van der Waals surface area contributed by atoms with Crippen LogP contribution in [0.25, 0.3) is 0 Å². The van der Waals surface area contributed by atoms with Crippen LogP contribution < -0.4 is 5.32 Å². The summed E-state index contributed by atoms with van der Waals surface area (Å²) in [7, 11) is 0. The molecule has 1 amide bonds. The van der Waals surface area contributed by atoms with Gasteiger partial charge in [-0.3, -0.25) is 10.1 Å². The number of benzene rings is 1. The van der Waals surface area contributed by atoms with Crippen LogP contribution in [-0.2, 0) is 16.6 Å². The molecule has 0 bridgehead atoms. The van der Waals surface area contributed by atoms with E-state index in [1.165, 1.54) is 11.9 Å². The van der Waals surface area contributed by atoms with E-state index < -0.39 is 0 Å². The molecule has 0 saturated heterocycles. The second kappa shape index (κ2) is 5.86. The van der Waals surface area contributed by atoms with Gasteiger partial charge in [0.2, 0.25) is 11.9 Å². The van der Waals surface area contributed by atoms with Gasteiger partial charge >= 0.3 is 0 Å². The van der Waals surface area contributed by atoms with Crippen LogP contribution in [0.4, 0.5) is 5.95 Å². The third-order valence-electron chi connectivity index (χ3n) is 3.13. The van der Waals surface area contributed by atoms with Gasteiger partial charge < -0.3 is 0 Å². The molecule has 0 fully saturated rings. The standard InChI is InChI=1S/C15H20N4O/c1-15(2,3)12-7-4-11(5-8-12)6-9-13(20)18-14-16-10-17-19-14/h4-5,7-8,10H,6,9H2,1-3H3,(H2,16,17,18,19,20). The molecular formula is C15H20N4O. The molecule has 2 N–H and O–H groups in total. The molecule has 0 aliphatic heterocycles. The number of hydrogen-bond donors (Lipinski definition) is 2. The zero-order valence-corrected chi connectivity index (χ0v) is 12.1. The van der Waals surface area contributed by atoms with Crippen molar-refractivity contribution in [2.75, 3.05) is 5.32 Å². The average Bonchev–Trinajstić information content (AvgIpc) is 2.88. The van der Waals surface area contributed by atoms with Crippen molar-refractivity contribution in [3.8, 4) is 0 Å². The van der Waals surface area contributed by atoms with Crippen molar-refractivity contribution in [2.24, 2.45) is 0 Å². The molecule has 0 atom stereocenters. The van der Waals surface area contributed by atoms with E-state index in [0.717, 1.165) is 5.56 Å². The third kappa shape index (κ3) is 3.91. The minimum absolute atomic E-state index is 0.0679. The topological polar surface area (TPSA) is 70.7 Å². The molecule has 2 rings (SSSR count). The quantitative estimate of drug-likeness (QED) is 0.899. The van der Waals surface area contributed by atoms with Crippen molar-refractivity contribution < 1.29 is 4.79 Å². The van der Waals surface area contributed by atoms with E-state index in [0.29, 0.717) is 18.8 Å². The minimum atomic E-state index is -0.0679. The molecule has 1 heterocycles. The van der Waals surface area contributed by atoms with Crippen molar-refractivity contribution >= 4 is 11.9 Å². The molecule has 5 nitrogen and oxygen atoms in total. The van der Waals surface area contributed by atoms with E-state index in [4.69, 9.17) is 0 Å². The average molecular weight is 272 g/mol. The van der Waals surface area contributed by atoms with Gasteiger partial charge in [-0.05, 0) is 23.0 Å². The van der Waals surface area contributed by atoms with Crippen LogP contribution in [0.2, 0.25) is 0 Å². The molecule has 106 valence electrons. The maximum atomic E-state index is 11.7. The van der Waals surface area contributed by atoms with Gasteiger partial charge in [0.1, 0.15) is 6.33 Å². The first-order valence-corrected chi connectivity index (χ1v) is 6.70. The van der Waals surface area contributed by atoms with Gasteiger partial charge in [0, 0.05) is 6.42 Å². The van der Waals surface area contributed by atoms with Crippen LogP contribution in [0.1, 0.15) is 38.3 Å². The third-order valence-corrected chi connectivity index (χ3v) is 3.13. The molecule has 2 aromatic rings. The summed E-state index contributed by atoms with van der Waals surface area (Å²) in [5, 5.41) is 8.93. The van der Waals surface area contributed by atoms with Crippen LogP contribution in [0, 0.1) is 0 Å². The number of anilines is 1. The summed E-state index contributed by atoms with van der Waals surface area (Å²) in [6.07, 6.45) is 2.50. The van der Waals surface area contributed by atoms with Crippen LogP contribution >= 0.6 is 0 Å². The molecule has 1 aromatic carbocycles. The van der Waals surface area contributed by atoms with Gasteiger partial charge in [-0.25, -0.2) is 5.10 Å². The number of aromatic amines is 1. The van der Waals surface area contributed by atoms with Crippen molar-refractivity contribution in [3.05, 3.63) is 41.7 Å². The van der Waals surface area contributed by atoms with Crippen molar-refractivity contribution in [3.63, 3.8) is 0 Å². The Hall–Kier alpha value is -2.17. The lowest BCUT2D eigenvalue weighted by molar-refractivity contribution is -0.116. The summed E-state index contributed by atoms with van der Waals surface area (Å²) in [6, 6.07) is 8.43. The van der Waals surface area contributed by atoms with Crippen LogP contribution in [0.3, 0.4) is 0 Å². The molecule has 0 aliphatic rings. The Morgan fingerprint density at radius 1 is 1.25 bits per heavy atom. The summed E-state index contributed by atoms with van der Waals surface area (Å²) in [6.45, 7) is 6.56. The van der Waals surface area contributed by atoms with Crippen LogP contribution in [0.5, 0.6) is 0 Å². The normalized spacial score (nSPS) is 11.3. The molecule has 1 aromatic heterocycles. The SMILES string of the molecule is CC(C)(C)c1ccc(CCC(=O)Nc2ncn[nH]2)cc1. The fourth-order valence-corrected chi connectivity index (χ4v) is 1.89. The fraction of sp³-hybridized carbons (Fsp3) is 0.400. The van der Waals surface area contributed by atoms with Crippen molar-refractivity contribution in [1.29, 1.82) is 0 Å². The molecule has 0 saturated carbocycles. The Balaban J connectivity index is 1.86.